The van der Waals surface area contributed by atoms with Crippen molar-refractivity contribution in [2.75, 3.05) is 34.0 Å². The van der Waals surface area contributed by atoms with Crippen LogP contribution < -0.4 is 14.2 Å². The maximum atomic E-state index is 10.2. The molecular weight excluding hydrogens is 488 g/mol. The summed E-state index contributed by atoms with van der Waals surface area (Å²) < 4.78 is 27.8. The number of fused-ring (bicyclic) bond motifs is 1. The summed E-state index contributed by atoms with van der Waals surface area (Å²) in [6, 6.07) is 8.51. The predicted octanol–water partition coefficient (Wildman–Crippen LogP) is 0.449. The monoisotopic (exact) mass is 520 g/mol. The minimum absolute atomic E-state index is 0.00162. The van der Waals surface area contributed by atoms with E-state index in [0.717, 1.165) is 16.7 Å². The Balaban J connectivity index is 1.50. The Morgan fingerprint density at radius 2 is 1.68 bits per heavy atom. The Morgan fingerprint density at radius 1 is 0.919 bits per heavy atom. The molecule has 7 unspecified atom stereocenters. The molecule has 0 aliphatic carbocycles. The van der Waals surface area contributed by atoms with Gasteiger partial charge in [0.05, 0.1) is 40.0 Å². The third kappa shape index (κ3) is 5.39. The van der Waals surface area contributed by atoms with Gasteiger partial charge in [0.25, 0.3) is 0 Å². The zero-order valence-corrected chi connectivity index (χ0v) is 20.4. The van der Waals surface area contributed by atoms with Gasteiger partial charge in [-0.1, -0.05) is 18.2 Å². The van der Waals surface area contributed by atoms with Crippen LogP contribution in [0.4, 0.5) is 0 Å². The van der Waals surface area contributed by atoms with Crippen molar-refractivity contribution in [2.24, 2.45) is 0 Å². The molecule has 2 heterocycles. The number of benzene rings is 2. The van der Waals surface area contributed by atoms with Gasteiger partial charge in [-0.25, -0.2) is 0 Å². The van der Waals surface area contributed by atoms with E-state index in [1.807, 2.05) is 6.07 Å². The molecule has 0 aromatic heterocycles. The number of hydrogen-bond donors (Lipinski definition) is 6. The average Bonchev–Trinajstić information content (AvgIpc) is 3.29. The molecule has 0 amide bonds. The molecule has 2 aromatic rings. The summed E-state index contributed by atoms with van der Waals surface area (Å²) in [6.07, 6.45) is -3.86. The van der Waals surface area contributed by atoms with Crippen LogP contribution in [0.1, 0.15) is 28.7 Å². The Labute approximate surface area is 213 Å². The van der Waals surface area contributed by atoms with Gasteiger partial charge >= 0.3 is 0 Å². The van der Waals surface area contributed by atoms with Gasteiger partial charge in [0.15, 0.2) is 29.3 Å². The fourth-order valence-electron chi connectivity index (χ4n) is 4.57. The van der Waals surface area contributed by atoms with Crippen LogP contribution in [-0.2, 0) is 9.47 Å². The van der Waals surface area contributed by atoms with Crippen LogP contribution in [0.15, 0.2) is 36.4 Å². The molecule has 2 aliphatic heterocycles. The third-order valence-electron chi connectivity index (χ3n) is 6.58. The van der Waals surface area contributed by atoms with Crippen LogP contribution in [0, 0.1) is 0 Å². The second-order valence-electron chi connectivity index (χ2n) is 8.83. The zero-order chi connectivity index (χ0) is 26.7. The first-order chi connectivity index (χ1) is 17.8. The van der Waals surface area contributed by atoms with E-state index >= 15 is 0 Å². The number of aliphatic hydroxyl groups excluding tert-OH is 5. The number of ether oxygens (including phenoxy) is 5. The molecule has 0 saturated carbocycles. The smallest absolute Gasteiger partial charge is 0.187 e. The van der Waals surface area contributed by atoms with Crippen molar-refractivity contribution in [3.8, 4) is 23.0 Å². The van der Waals surface area contributed by atoms with E-state index < -0.39 is 49.3 Å². The SMILES string of the molecule is COc1cc(C2Oc3c(OC)cc(/C=C/COC4OC(CO)C(O)C(O)C4O)cc3C2CO)ccc1O. The summed E-state index contributed by atoms with van der Waals surface area (Å²) in [6.45, 7) is -0.739. The summed E-state index contributed by atoms with van der Waals surface area (Å²) >= 11 is 0. The summed E-state index contributed by atoms with van der Waals surface area (Å²) in [7, 11) is 2.97. The van der Waals surface area contributed by atoms with Crippen molar-refractivity contribution in [1.29, 1.82) is 0 Å². The van der Waals surface area contributed by atoms with Gasteiger partial charge < -0.3 is 54.3 Å². The highest BCUT2D eigenvalue weighted by atomic mass is 16.7. The third-order valence-corrected chi connectivity index (χ3v) is 6.58. The molecule has 2 aliphatic rings. The highest BCUT2D eigenvalue weighted by Crippen LogP contribution is 2.51. The Kier molecular flexibility index (Phi) is 8.55. The number of phenolic OH excluding ortho intramolecular Hbond substituents is 1. The topological polar surface area (TPSA) is 168 Å². The molecule has 6 N–H and O–H groups in total. The Bertz CT molecular complexity index is 1100. The second kappa shape index (κ2) is 11.7. The summed E-state index contributed by atoms with van der Waals surface area (Å²) in [5.41, 5.74) is 2.20. The van der Waals surface area contributed by atoms with E-state index in [1.165, 1.54) is 20.3 Å². The van der Waals surface area contributed by atoms with Gasteiger partial charge in [-0.3, -0.25) is 0 Å². The minimum Gasteiger partial charge on any atom is -0.504 e. The molecule has 1 saturated heterocycles. The van der Waals surface area contributed by atoms with Crippen LogP contribution >= 0.6 is 0 Å². The first-order valence-electron chi connectivity index (χ1n) is 11.8. The van der Waals surface area contributed by atoms with Crippen LogP contribution in [0.5, 0.6) is 23.0 Å². The predicted molar refractivity (Wildman–Crippen MR) is 130 cm³/mol. The summed E-state index contributed by atoms with van der Waals surface area (Å²) in [5.74, 6) is 0.867. The van der Waals surface area contributed by atoms with Crippen molar-refractivity contribution in [3.05, 3.63) is 53.1 Å². The molecule has 11 heteroatoms. The number of aliphatic hydroxyl groups is 5. The fraction of sp³-hybridized carbons (Fsp3) is 0.462. The Morgan fingerprint density at radius 3 is 2.35 bits per heavy atom. The van der Waals surface area contributed by atoms with E-state index in [-0.39, 0.29) is 19.0 Å². The van der Waals surface area contributed by atoms with Gasteiger partial charge in [0.1, 0.15) is 30.5 Å². The summed E-state index contributed by atoms with van der Waals surface area (Å²) in [5, 5.41) is 59.3. The molecule has 0 spiro atoms. The van der Waals surface area contributed by atoms with Crippen LogP contribution in [-0.4, -0.2) is 95.4 Å². The van der Waals surface area contributed by atoms with Gasteiger partial charge in [-0.2, -0.15) is 0 Å². The molecule has 0 bridgehead atoms. The Hall–Kier alpha value is -2.90. The van der Waals surface area contributed by atoms with E-state index in [0.29, 0.717) is 17.2 Å². The van der Waals surface area contributed by atoms with Crippen LogP contribution in [0.3, 0.4) is 0 Å². The molecular formula is C26H32O11. The quantitative estimate of drug-likeness (QED) is 0.272. The van der Waals surface area contributed by atoms with Crippen molar-refractivity contribution in [2.45, 2.75) is 42.7 Å². The molecule has 4 rings (SSSR count). The maximum Gasteiger partial charge on any atom is 0.187 e. The van der Waals surface area contributed by atoms with Gasteiger partial charge in [-0.05, 0) is 35.4 Å². The molecule has 37 heavy (non-hydrogen) atoms. The lowest BCUT2D eigenvalue weighted by Gasteiger charge is -2.39. The number of methoxy groups -OCH3 is 2. The van der Waals surface area contributed by atoms with E-state index in [9.17, 15) is 30.6 Å². The van der Waals surface area contributed by atoms with Gasteiger partial charge in [0.2, 0.25) is 0 Å². The van der Waals surface area contributed by atoms with Gasteiger partial charge in [-0.15, -0.1) is 0 Å². The number of rotatable bonds is 9. The summed E-state index contributed by atoms with van der Waals surface area (Å²) in [4.78, 5) is 0. The highest BCUT2D eigenvalue weighted by molar-refractivity contribution is 5.62. The maximum absolute atomic E-state index is 10.2. The normalized spacial score (nSPS) is 29.2. The largest absolute Gasteiger partial charge is 0.504 e. The molecule has 7 atom stereocenters. The van der Waals surface area contributed by atoms with Crippen LogP contribution in [0.25, 0.3) is 6.08 Å². The number of aromatic hydroxyl groups is 1. The standard InChI is InChI=1S/C26H32O11/c1-33-18-10-14(5-6-17(18)29)24-16(11-27)15-8-13(9-19(34-2)25(15)37-24)4-3-7-35-26-23(32)22(31)21(30)20(12-28)36-26/h3-6,8-10,16,20-24,26-32H,7,11-12H2,1-2H3/b4-3+. The molecule has 11 nitrogen and oxygen atoms in total. The zero-order valence-electron chi connectivity index (χ0n) is 20.4. The van der Waals surface area contributed by atoms with Crippen molar-refractivity contribution in [1.82, 2.24) is 0 Å². The van der Waals surface area contributed by atoms with Gasteiger partial charge in [0, 0.05) is 5.56 Å². The van der Waals surface area contributed by atoms with Crippen molar-refractivity contribution < 1.29 is 54.3 Å². The lowest BCUT2D eigenvalue weighted by molar-refractivity contribution is -0.298. The van der Waals surface area contributed by atoms with Crippen molar-refractivity contribution >= 4 is 6.08 Å². The molecule has 0 radical (unpaired) electrons. The lowest BCUT2D eigenvalue weighted by Crippen LogP contribution is -2.59. The molecule has 1 fully saturated rings. The first-order valence-corrected chi connectivity index (χ1v) is 11.8. The second-order valence-corrected chi connectivity index (χ2v) is 8.83. The first kappa shape index (κ1) is 27.1. The molecule has 202 valence electrons. The molecule has 2 aromatic carbocycles. The fourth-order valence-corrected chi connectivity index (χ4v) is 4.57. The number of hydrogen-bond acceptors (Lipinski definition) is 11. The van der Waals surface area contributed by atoms with E-state index in [2.05, 4.69) is 0 Å². The van der Waals surface area contributed by atoms with E-state index in [4.69, 9.17) is 23.7 Å². The number of phenols is 1. The van der Waals surface area contributed by atoms with E-state index in [1.54, 1.807) is 30.4 Å². The average molecular weight is 521 g/mol. The lowest BCUT2D eigenvalue weighted by atomic mass is 9.90. The van der Waals surface area contributed by atoms with Crippen LogP contribution in [0.2, 0.25) is 0 Å². The highest BCUT2D eigenvalue weighted by Gasteiger charge is 2.44. The minimum atomic E-state index is -1.52. The van der Waals surface area contributed by atoms with Crippen molar-refractivity contribution in [3.63, 3.8) is 0 Å².